The molecule has 2 aliphatic rings. The molecule has 19 heavy (non-hydrogen) atoms. The lowest BCUT2D eigenvalue weighted by Crippen LogP contribution is -2.47. The molecule has 2 rings (SSSR count). The van der Waals surface area contributed by atoms with Gasteiger partial charge in [-0.1, -0.05) is 26.7 Å². The third kappa shape index (κ3) is 4.46. The van der Waals surface area contributed by atoms with E-state index in [0.29, 0.717) is 5.41 Å². The first-order valence-electron chi connectivity index (χ1n) is 8.48. The summed E-state index contributed by atoms with van der Waals surface area (Å²) in [5.41, 5.74) is 0.549. The standard InChI is InChI=1S/C17H34N2/c1-5-15(3)19(4)13-17(12-18-16-6-7-16)10-8-14(2)9-11-17/h14-16,18H,5-13H2,1-4H3. The molecular weight excluding hydrogens is 232 g/mol. The third-order valence-electron chi connectivity index (χ3n) is 5.61. The van der Waals surface area contributed by atoms with Crippen LogP contribution in [0.3, 0.4) is 0 Å². The lowest BCUT2D eigenvalue weighted by molar-refractivity contribution is 0.0808. The van der Waals surface area contributed by atoms with Gasteiger partial charge in [0.15, 0.2) is 0 Å². The number of rotatable bonds is 7. The normalized spacial score (nSPS) is 33.6. The van der Waals surface area contributed by atoms with Gasteiger partial charge in [0.2, 0.25) is 0 Å². The van der Waals surface area contributed by atoms with E-state index in [2.05, 4.69) is 38.0 Å². The Morgan fingerprint density at radius 1 is 1.21 bits per heavy atom. The molecule has 1 N–H and O–H groups in total. The highest BCUT2D eigenvalue weighted by Crippen LogP contribution is 2.40. The van der Waals surface area contributed by atoms with E-state index < -0.39 is 0 Å². The van der Waals surface area contributed by atoms with Crippen molar-refractivity contribution in [3.63, 3.8) is 0 Å². The van der Waals surface area contributed by atoms with Crippen molar-refractivity contribution in [1.82, 2.24) is 10.2 Å². The minimum atomic E-state index is 0.549. The zero-order valence-electron chi connectivity index (χ0n) is 13.5. The lowest BCUT2D eigenvalue weighted by atomic mass is 9.70. The topological polar surface area (TPSA) is 15.3 Å². The van der Waals surface area contributed by atoms with Crippen molar-refractivity contribution in [2.75, 3.05) is 20.1 Å². The SMILES string of the molecule is CCC(C)N(C)CC1(CNC2CC2)CCC(C)CC1. The molecule has 0 aliphatic heterocycles. The molecule has 0 radical (unpaired) electrons. The van der Waals surface area contributed by atoms with Crippen LogP contribution in [0.1, 0.15) is 65.7 Å². The summed E-state index contributed by atoms with van der Waals surface area (Å²) in [6.07, 6.45) is 9.80. The average Bonchev–Trinajstić information content (AvgIpc) is 3.23. The van der Waals surface area contributed by atoms with Crippen molar-refractivity contribution in [2.45, 2.75) is 77.8 Å². The summed E-state index contributed by atoms with van der Waals surface area (Å²) in [6.45, 7) is 9.64. The highest BCUT2D eigenvalue weighted by atomic mass is 15.1. The minimum Gasteiger partial charge on any atom is -0.313 e. The Bertz CT molecular complexity index is 264. The molecule has 2 fully saturated rings. The Hall–Kier alpha value is -0.0800. The van der Waals surface area contributed by atoms with E-state index in [4.69, 9.17) is 0 Å². The first-order valence-corrected chi connectivity index (χ1v) is 8.48. The first-order chi connectivity index (χ1) is 9.04. The maximum Gasteiger partial charge on any atom is 0.00684 e. The maximum absolute atomic E-state index is 3.82. The van der Waals surface area contributed by atoms with Crippen molar-refractivity contribution < 1.29 is 0 Å². The Morgan fingerprint density at radius 3 is 2.37 bits per heavy atom. The van der Waals surface area contributed by atoms with Gasteiger partial charge in [-0.05, 0) is 57.4 Å². The van der Waals surface area contributed by atoms with E-state index in [1.807, 2.05) is 0 Å². The molecular formula is C17H34N2. The summed E-state index contributed by atoms with van der Waals surface area (Å²) in [5.74, 6) is 0.947. The van der Waals surface area contributed by atoms with Crippen LogP contribution in [-0.2, 0) is 0 Å². The molecule has 2 aliphatic carbocycles. The van der Waals surface area contributed by atoms with Gasteiger partial charge in [0.25, 0.3) is 0 Å². The van der Waals surface area contributed by atoms with Gasteiger partial charge >= 0.3 is 0 Å². The van der Waals surface area contributed by atoms with Gasteiger partial charge in [0, 0.05) is 25.2 Å². The van der Waals surface area contributed by atoms with Crippen molar-refractivity contribution in [1.29, 1.82) is 0 Å². The first kappa shape index (κ1) is 15.3. The predicted molar refractivity (Wildman–Crippen MR) is 83.5 cm³/mol. The minimum absolute atomic E-state index is 0.549. The fourth-order valence-electron chi connectivity index (χ4n) is 3.41. The molecule has 0 spiro atoms. The van der Waals surface area contributed by atoms with Crippen molar-refractivity contribution in [3.05, 3.63) is 0 Å². The van der Waals surface area contributed by atoms with Gasteiger partial charge < -0.3 is 10.2 Å². The van der Waals surface area contributed by atoms with E-state index in [0.717, 1.165) is 18.0 Å². The van der Waals surface area contributed by atoms with Gasteiger partial charge in [-0.3, -0.25) is 0 Å². The van der Waals surface area contributed by atoms with Gasteiger partial charge in [0.1, 0.15) is 0 Å². The van der Waals surface area contributed by atoms with E-state index in [9.17, 15) is 0 Å². The average molecular weight is 266 g/mol. The van der Waals surface area contributed by atoms with Gasteiger partial charge in [0.05, 0.1) is 0 Å². The van der Waals surface area contributed by atoms with Crippen LogP contribution in [0.25, 0.3) is 0 Å². The van der Waals surface area contributed by atoms with Crippen molar-refractivity contribution in [3.8, 4) is 0 Å². The summed E-state index contributed by atoms with van der Waals surface area (Å²) in [5, 5.41) is 3.82. The molecule has 0 saturated heterocycles. The monoisotopic (exact) mass is 266 g/mol. The fourth-order valence-corrected chi connectivity index (χ4v) is 3.41. The van der Waals surface area contributed by atoms with Crippen LogP contribution in [0.4, 0.5) is 0 Å². The smallest absolute Gasteiger partial charge is 0.00684 e. The highest BCUT2D eigenvalue weighted by Gasteiger charge is 2.37. The van der Waals surface area contributed by atoms with Crippen LogP contribution in [0.5, 0.6) is 0 Å². The number of nitrogens with one attached hydrogen (secondary N) is 1. The molecule has 2 nitrogen and oxygen atoms in total. The Balaban J connectivity index is 1.92. The molecule has 0 aromatic heterocycles. The second-order valence-corrected chi connectivity index (χ2v) is 7.51. The molecule has 0 heterocycles. The van der Waals surface area contributed by atoms with Crippen molar-refractivity contribution >= 4 is 0 Å². The quantitative estimate of drug-likeness (QED) is 0.756. The molecule has 112 valence electrons. The van der Waals surface area contributed by atoms with Gasteiger partial charge in [-0.25, -0.2) is 0 Å². The van der Waals surface area contributed by atoms with Crippen molar-refractivity contribution in [2.24, 2.45) is 11.3 Å². The number of nitrogens with zero attached hydrogens (tertiary/aromatic N) is 1. The Labute approximate surface area is 120 Å². The molecule has 2 heteroatoms. The fraction of sp³-hybridized carbons (Fsp3) is 1.00. The van der Waals surface area contributed by atoms with E-state index >= 15 is 0 Å². The second-order valence-electron chi connectivity index (χ2n) is 7.51. The summed E-state index contributed by atoms with van der Waals surface area (Å²) >= 11 is 0. The zero-order valence-corrected chi connectivity index (χ0v) is 13.5. The second kappa shape index (κ2) is 6.58. The molecule has 0 amide bonds. The molecule has 0 bridgehead atoms. The molecule has 1 atom stereocenters. The highest BCUT2D eigenvalue weighted by molar-refractivity contribution is 4.92. The van der Waals surface area contributed by atoms with E-state index in [-0.39, 0.29) is 0 Å². The summed E-state index contributed by atoms with van der Waals surface area (Å²) in [6, 6.07) is 1.57. The lowest BCUT2D eigenvalue weighted by Gasteiger charge is -2.43. The zero-order chi connectivity index (χ0) is 13.9. The summed E-state index contributed by atoms with van der Waals surface area (Å²) in [4.78, 5) is 2.60. The van der Waals surface area contributed by atoms with Gasteiger partial charge in [-0.15, -0.1) is 0 Å². The Kier molecular flexibility index (Phi) is 5.30. The third-order valence-corrected chi connectivity index (χ3v) is 5.61. The maximum atomic E-state index is 3.82. The molecule has 0 aromatic carbocycles. The van der Waals surface area contributed by atoms with E-state index in [1.165, 1.54) is 58.0 Å². The Morgan fingerprint density at radius 2 is 1.84 bits per heavy atom. The molecule has 2 saturated carbocycles. The van der Waals surface area contributed by atoms with Crippen LogP contribution >= 0.6 is 0 Å². The molecule has 1 unspecified atom stereocenters. The van der Waals surface area contributed by atoms with Gasteiger partial charge in [-0.2, -0.15) is 0 Å². The molecule has 0 aromatic rings. The predicted octanol–water partition coefficient (Wildman–Crippen LogP) is 3.67. The summed E-state index contributed by atoms with van der Waals surface area (Å²) in [7, 11) is 2.32. The van der Waals surface area contributed by atoms with Crippen LogP contribution < -0.4 is 5.32 Å². The summed E-state index contributed by atoms with van der Waals surface area (Å²) < 4.78 is 0. The van der Waals surface area contributed by atoms with E-state index in [1.54, 1.807) is 0 Å². The van der Waals surface area contributed by atoms with Crippen LogP contribution in [0.15, 0.2) is 0 Å². The van der Waals surface area contributed by atoms with Crippen LogP contribution in [0.2, 0.25) is 0 Å². The largest absolute Gasteiger partial charge is 0.313 e. The van der Waals surface area contributed by atoms with Crippen LogP contribution in [0, 0.1) is 11.3 Å². The van der Waals surface area contributed by atoms with Crippen LogP contribution in [-0.4, -0.2) is 37.1 Å². The number of hydrogen-bond acceptors (Lipinski definition) is 2. The number of hydrogen-bond donors (Lipinski definition) is 1.